The van der Waals surface area contributed by atoms with Gasteiger partial charge in [-0.3, -0.25) is 0 Å². The molecule has 0 amide bonds. The van der Waals surface area contributed by atoms with Crippen LogP contribution in [-0.4, -0.2) is 11.1 Å². The molecule has 98 valence electrons. The summed E-state index contributed by atoms with van der Waals surface area (Å²) >= 11 is 0. The van der Waals surface area contributed by atoms with Crippen molar-refractivity contribution in [2.75, 3.05) is 0 Å². The highest BCUT2D eigenvalue weighted by molar-refractivity contribution is 5.55. The quantitative estimate of drug-likeness (QED) is 0.841. The standard InChI is InChI=1S/C16H23NO/c1-10-13-6-4-3-5-12(13)9-14(18)15(10)16(7-8-16)11(2)17/h9,11,18H,3-8,17H2,1-2H3. The molecule has 0 spiro atoms. The normalized spacial score (nSPS) is 22.4. The number of rotatable bonds is 2. The summed E-state index contributed by atoms with van der Waals surface area (Å²) in [5, 5.41) is 10.4. The molecule has 0 radical (unpaired) electrons. The van der Waals surface area contributed by atoms with E-state index in [0.717, 1.165) is 24.8 Å². The molecular formula is C16H23NO. The van der Waals surface area contributed by atoms with Gasteiger partial charge in [-0.2, -0.15) is 0 Å². The van der Waals surface area contributed by atoms with Crippen molar-refractivity contribution in [1.82, 2.24) is 0 Å². The molecule has 0 heterocycles. The van der Waals surface area contributed by atoms with Crippen LogP contribution in [0.5, 0.6) is 5.75 Å². The van der Waals surface area contributed by atoms with E-state index in [1.807, 2.05) is 6.07 Å². The van der Waals surface area contributed by atoms with Crippen molar-refractivity contribution in [1.29, 1.82) is 0 Å². The van der Waals surface area contributed by atoms with Crippen LogP contribution in [0.2, 0.25) is 0 Å². The van der Waals surface area contributed by atoms with E-state index in [-0.39, 0.29) is 11.5 Å². The molecule has 1 atom stereocenters. The third kappa shape index (κ3) is 1.58. The van der Waals surface area contributed by atoms with Gasteiger partial charge in [0, 0.05) is 17.0 Å². The summed E-state index contributed by atoms with van der Waals surface area (Å²) in [6.07, 6.45) is 7.07. The van der Waals surface area contributed by atoms with Gasteiger partial charge in [-0.25, -0.2) is 0 Å². The summed E-state index contributed by atoms with van der Waals surface area (Å²) in [6, 6.07) is 2.14. The van der Waals surface area contributed by atoms with Gasteiger partial charge >= 0.3 is 0 Å². The first kappa shape index (κ1) is 12.0. The van der Waals surface area contributed by atoms with Crippen molar-refractivity contribution >= 4 is 0 Å². The minimum absolute atomic E-state index is 0.0562. The van der Waals surface area contributed by atoms with Crippen LogP contribution in [-0.2, 0) is 18.3 Å². The van der Waals surface area contributed by atoms with Gasteiger partial charge in [-0.15, -0.1) is 0 Å². The van der Waals surface area contributed by atoms with E-state index in [0.29, 0.717) is 5.75 Å². The van der Waals surface area contributed by atoms with E-state index in [1.165, 1.54) is 36.0 Å². The van der Waals surface area contributed by atoms with Crippen LogP contribution in [0.4, 0.5) is 0 Å². The lowest BCUT2D eigenvalue weighted by atomic mass is 9.79. The zero-order valence-electron chi connectivity index (χ0n) is 11.4. The Morgan fingerprint density at radius 3 is 2.56 bits per heavy atom. The number of aromatic hydroxyl groups is 1. The maximum Gasteiger partial charge on any atom is 0.119 e. The van der Waals surface area contributed by atoms with Crippen LogP contribution >= 0.6 is 0 Å². The third-order valence-electron chi connectivity index (χ3n) is 5.06. The number of fused-ring (bicyclic) bond motifs is 1. The van der Waals surface area contributed by atoms with Gasteiger partial charge in [0.1, 0.15) is 5.75 Å². The predicted molar refractivity (Wildman–Crippen MR) is 74.0 cm³/mol. The number of hydrogen-bond acceptors (Lipinski definition) is 2. The number of phenols is 1. The second-order valence-electron chi connectivity index (χ2n) is 6.19. The van der Waals surface area contributed by atoms with Gasteiger partial charge in [0.05, 0.1) is 0 Å². The SMILES string of the molecule is Cc1c2c(cc(O)c1C1(C(C)N)CC1)CCCC2. The molecule has 0 saturated heterocycles. The molecule has 1 aromatic rings. The zero-order valence-corrected chi connectivity index (χ0v) is 11.4. The summed E-state index contributed by atoms with van der Waals surface area (Å²) < 4.78 is 0. The first-order chi connectivity index (χ1) is 8.56. The second kappa shape index (κ2) is 3.99. The fraction of sp³-hybridized carbons (Fsp3) is 0.625. The number of aryl methyl sites for hydroxylation is 1. The third-order valence-corrected chi connectivity index (χ3v) is 5.06. The van der Waals surface area contributed by atoms with Crippen molar-refractivity contribution in [3.8, 4) is 5.75 Å². The van der Waals surface area contributed by atoms with Gasteiger partial charge in [0.15, 0.2) is 0 Å². The fourth-order valence-electron chi connectivity index (χ4n) is 3.79. The van der Waals surface area contributed by atoms with Crippen LogP contribution in [0.25, 0.3) is 0 Å². The molecule has 18 heavy (non-hydrogen) atoms. The molecule has 2 heteroatoms. The molecule has 1 unspecified atom stereocenters. The summed E-state index contributed by atoms with van der Waals surface area (Å²) in [5.41, 5.74) is 11.5. The average molecular weight is 245 g/mol. The first-order valence-electron chi connectivity index (χ1n) is 7.16. The molecule has 1 aromatic carbocycles. The Morgan fingerprint density at radius 2 is 1.94 bits per heavy atom. The average Bonchev–Trinajstić information content (AvgIpc) is 3.10. The molecule has 2 aliphatic carbocycles. The van der Waals surface area contributed by atoms with Gasteiger partial charge < -0.3 is 10.8 Å². The van der Waals surface area contributed by atoms with E-state index in [1.54, 1.807) is 0 Å². The van der Waals surface area contributed by atoms with Gasteiger partial charge in [0.2, 0.25) is 0 Å². The Kier molecular flexibility index (Phi) is 2.67. The maximum absolute atomic E-state index is 10.4. The van der Waals surface area contributed by atoms with Crippen molar-refractivity contribution in [3.05, 3.63) is 28.3 Å². The van der Waals surface area contributed by atoms with Crippen molar-refractivity contribution in [3.63, 3.8) is 0 Å². The van der Waals surface area contributed by atoms with E-state index in [2.05, 4.69) is 13.8 Å². The molecule has 0 aromatic heterocycles. The lowest BCUT2D eigenvalue weighted by molar-refractivity contribution is 0.442. The van der Waals surface area contributed by atoms with E-state index >= 15 is 0 Å². The first-order valence-corrected chi connectivity index (χ1v) is 7.16. The molecule has 0 aliphatic heterocycles. The van der Waals surface area contributed by atoms with E-state index < -0.39 is 0 Å². The fourth-order valence-corrected chi connectivity index (χ4v) is 3.79. The Hall–Kier alpha value is -1.02. The van der Waals surface area contributed by atoms with E-state index in [9.17, 15) is 5.11 Å². The highest BCUT2D eigenvalue weighted by Crippen LogP contribution is 2.55. The van der Waals surface area contributed by atoms with Crippen LogP contribution in [0, 0.1) is 6.92 Å². The van der Waals surface area contributed by atoms with Crippen molar-refractivity contribution < 1.29 is 5.11 Å². The topological polar surface area (TPSA) is 46.2 Å². The Morgan fingerprint density at radius 1 is 1.28 bits per heavy atom. The minimum atomic E-state index is 0.0562. The Bertz CT molecular complexity index is 486. The number of hydrogen-bond donors (Lipinski definition) is 2. The van der Waals surface area contributed by atoms with Crippen molar-refractivity contribution in [2.45, 2.75) is 63.8 Å². The smallest absolute Gasteiger partial charge is 0.119 e. The maximum atomic E-state index is 10.4. The van der Waals surface area contributed by atoms with Crippen molar-refractivity contribution in [2.24, 2.45) is 5.73 Å². The van der Waals surface area contributed by atoms with Gasteiger partial charge in [-0.05, 0) is 75.1 Å². The number of phenolic OH excluding ortho intramolecular Hbond substituents is 1. The van der Waals surface area contributed by atoms with Gasteiger partial charge in [0.25, 0.3) is 0 Å². The van der Waals surface area contributed by atoms with Crippen LogP contribution in [0.1, 0.15) is 54.9 Å². The van der Waals surface area contributed by atoms with Crippen LogP contribution < -0.4 is 5.73 Å². The molecule has 0 bridgehead atoms. The molecule has 2 nitrogen and oxygen atoms in total. The molecule has 3 N–H and O–H groups in total. The van der Waals surface area contributed by atoms with Crippen LogP contribution in [0.15, 0.2) is 6.07 Å². The summed E-state index contributed by atoms with van der Waals surface area (Å²) in [5.74, 6) is 0.489. The Labute approximate surface area is 109 Å². The molecule has 2 aliphatic rings. The molecule has 1 saturated carbocycles. The van der Waals surface area contributed by atoms with Crippen LogP contribution in [0.3, 0.4) is 0 Å². The number of benzene rings is 1. The summed E-state index contributed by atoms with van der Waals surface area (Å²) in [4.78, 5) is 0. The molecular weight excluding hydrogens is 222 g/mol. The number of nitrogens with two attached hydrogens (primary N) is 1. The predicted octanol–water partition coefficient (Wildman–Crippen LogP) is 2.96. The minimum Gasteiger partial charge on any atom is -0.508 e. The molecule has 1 fully saturated rings. The second-order valence-corrected chi connectivity index (χ2v) is 6.19. The Balaban J connectivity index is 2.16. The largest absolute Gasteiger partial charge is 0.508 e. The highest BCUT2D eigenvalue weighted by Gasteiger charge is 2.50. The monoisotopic (exact) mass is 245 g/mol. The summed E-state index contributed by atoms with van der Waals surface area (Å²) in [6.45, 7) is 4.26. The lowest BCUT2D eigenvalue weighted by Crippen LogP contribution is -2.32. The molecule has 3 rings (SSSR count). The highest BCUT2D eigenvalue weighted by atomic mass is 16.3. The summed E-state index contributed by atoms with van der Waals surface area (Å²) in [7, 11) is 0. The van der Waals surface area contributed by atoms with Gasteiger partial charge in [-0.1, -0.05) is 0 Å². The van der Waals surface area contributed by atoms with E-state index in [4.69, 9.17) is 5.73 Å². The zero-order chi connectivity index (χ0) is 12.9. The lowest BCUT2D eigenvalue weighted by Gasteiger charge is -2.28.